The molecule has 0 saturated carbocycles. The summed E-state index contributed by atoms with van der Waals surface area (Å²) in [5, 5.41) is 3.02. The van der Waals surface area contributed by atoms with Crippen LogP contribution in [0.25, 0.3) is 0 Å². The van der Waals surface area contributed by atoms with Gasteiger partial charge in [-0.25, -0.2) is 0 Å². The molecule has 1 aromatic heterocycles. The average Bonchev–Trinajstić information content (AvgIpc) is 3.26. The van der Waals surface area contributed by atoms with Crippen molar-refractivity contribution >= 4 is 5.91 Å². The van der Waals surface area contributed by atoms with Crippen LogP contribution in [0, 0.1) is 0 Å². The van der Waals surface area contributed by atoms with Gasteiger partial charge in [0.05, 0.1) is 26.2 Å². The first-order chi connectivity index (χ1) is 13.7. The predicted molar refractivity (Wildman–Crippen MR) is 110 cm³/mol. The Labute approximate surface area is 165 Å². The molecule has 0 fully saturated rings. The van der Waals surface area contributed by atoms with Gasteiger partial charge in [0.2, 0.25) is 5.91 Å². The van der Waals surface area contributed by atoms with Crippen LogP contribution in [0.5, 0.6) is 11.5 Å². The molecule has 1 amide bonds. The summed E-state index contributed by atoms with van der Waals surface area (Å²) in [5.41, 5.74) is 2.07. The highest BCUT2D eigenvalue weighted by molar-refractivity contribution is 5.77. The summed E-state index contributed by atoms with van der Waals surface area (Å²) < 4.78 is 13.0. The van der Waals surface area contributed by atoms with Gasteiger partial charge in [0.1, 0.15) is 0 Å². The van der Waals surface area contributed by atoms with E-state index in [0.29, 0.717) is 31.1 Å². The molecule has 2 aromatic carbocycles. The lowest BCUT2D eigenvalue weighted by Crippen LogP contribution is -2.26. The van der Waals surface area contributed by atoms with Gasteiger partial charge in [0, 0.05) is 18.9 Å². The van der Waals surface area contributed by atoms with Crippen LogP contribution in [0.15, 0.2) is 73.1 Å². The number of carbonyl (C=O) groups excluding carboxylic acids is 1. The molecule has 1 N–H and O–H groups in total. The third-order valence-electron chi connectivity index (χ3n) is 4.57. The molecule has 3 rings (SSSR count). The van der Waals surface area contributed by atoms with Crippen LogP contribution in [0.4, 0.5) is 0 Å². The molecule has 5 nitrogen and oxygen atoms in total. The number of ether oxygens (including phenoxy) is 2. The molecule has 146 valence electrons. The standard InChI is InChI=1S/C23H26N2O3/c1-3-28-21-12-11-18(15-22(21)27-2)17-24-23(26)16-20(25-13-7-8-14-25)19-9-5-4-6-10-19/h4-15,20H,3,16-17H2,1-2H3,(H,24,26)/t20-/m1/s1. The minimum atomic E-state index is -0.0360. The summed E-state index contributed by atoms with van der Waals surface area (Å²) in [5.74, 6) is 1.37. The van der Waals surface area contributed by atoms with Gasteiger partial charge in [-0.2, -0.15) is 0 Å². The molecule has 28 heavy (non-hydrogen) atoms. The first-order valence-electron chi connectivity index (χ1n) is 9.45. The van der Waals surface area contributed by atoms with Gasteiger partial charge in [-0.1, -0.05) is 36.4 Å². The Morgan fingerprint density at radius 3 is 2.46 bits per heavy atom. The van der Waals surface area contributed by atoms with E-state index in [1.807, 2.05) is 67.8 Å². The van der Waals surface area contributed by atoms with E-state index in [9.17, 15) is 4.79 Å². The fraction of sp³-hybridized carbons (Fsp3) is 0.261. The molecule has 0 spiro atoms. The summed E-state index contributed by atoms with van der Waals surface area (Å²) in [4.78, 5) is 12.6. The molecule has 0 aliphatic heterocycles. The SMILES string of the molecule is CCOc1ccc(CNC(=O)C[C@H](c2ccccc2)n2cccc2)cc1OC. The molecule has 0 radical (unpaired) electrons. The normalized spacial score (nSPS) is 11.6. The second kappa shape index (κ2) is 9.65. The Bertz CT molecular complexity index is 876. The largest absolute Gasteiger partial charge is 0.493 e. The van der Waals surface area contributed by atoms with Gasteiger partial charge in [-0.3, -0.25) is 4.79 Å². The Morgan fingerprint density at radius 2 is 1.79 bits per heavy atom. The van der Waals surface area contributed by atoms with Gasteiger partial charge < -0.3 is 19.4 Å². The molecule has 0 aliphatic carbocycles. The van der Waals surface area contributed by atoms with Crippen molar-refractivity contribution in [1.82, 2.24) is 9.88 Å². The van der Waals surface area contributed by atoms with E-state index >= 15 is 0 Å². The quantitative estimate of drug-likeness (QED) is 0.607. The number of amides is 1. The molecular formula is C23H26N2O3. The van der Waals surface area contributed by atoms with Crippen molar-refractivity contribution < 1.29 is 14.3 Å². The molecule has 5 heteroatoms. The molecule has 1 heterocycles. The van der Waals surface area contributed by atoms with E-state index in [1.54, 1.807) is 7.11 Å². The predicted octanol–water partition coefficient (Wildman–Crippen LogP) is 4.19. The summed E-state index contributed by atoms with van der Waals surface area (Å²) in [7, 11) is 1.61. The number of nitrogens with one attached hydrogen (secondary N) is 1. The fourth-order valence-electron chi connectivity index (χ4n) is 3.17. The second-order valence-corrected chi connectivity index (χ2v) is 6.46. The van der Waals surface area contributed by atoms with E-state index in [0.717, 1.165) is 11.1 Å². The van der Waals surface area contributed by atoms with Crippen LogP contribution in [-0.2, 0) is 11.3 Å². The Morgan fingerprint density at radius 1 is 1.04 bits per heavy atom. The van der Waals surface area contributed by atoms with Crippen molar-refractivity contribution in [3.8, 4) is 11.5 Å². The van der Waals surface area contributed by atoms with Crippen molar-refractivity contribution in [2.45, 2.75) is 25.9 Å². The first-order valence-corrected chi connectivity index (χ1v) is 9.45. The van der Waals surface area contributed by atoms with Gasteiger partial charge in [0.15, 0.2) is 11.5 Å². The van der Waals surface area contributed by atoms with Crippen molar-refractivity contribution in [2.24, 2.45) is 0 Å². The van der Waals surface area contributed by atoms with Gasteiger partial charge in [0.25, 0.3) is 0 Å². The van der Waals surface area contributed by atoms with Crippen molar-refractivity contribution in [2.75, 3.05) is 13.7 Å². The van der Waals surface area contributed by atoms with E-state index < -0.39 is 0 Å². The lowest BCUT2D eigenvalue weighted by molar-refractivity contribution is -0.121. The van der Waals surface area contributed by atoms with E-state index in [-0.39, 0.29) is 11.9 Å². The van der Waals surface area contributed by atoms with Crippen LogP contribution in [0.3, 0.4) is 0 Å². The highest BCUT2D eigenvalue weighted by Gasteiger charge is 2.17. The summed E-state index contributed by atoms with van der Waals surface area (Å²) in [6.07, 6.45) is 4.34. The zero-order chi connectivity index (χ0) is 19.8. The lowest BCUT2D eigenvalue weighted by atomic mass is 10.0. The van der Waals surface area contributed by atoms with E-state index in [1.165, 1.54) is 0 Å². The molecule has 0 unspecified atom stereocenters. The summed E-state index contributed by atoms with van der Waals surface area (Å²) in [6.45, 7) is 2.95. The van der Waals surface area contributed by atoms with E-state index in [4.69, 9.17) is 9.47 Å². The number of nitrogens with zero attached hydrogens (tertiary/aromatic N) is 1. The topological polar surface area (TPSA) is 52.5 Å². The second-order valence-electron chi connectivity index (χ2n) is 6.46. The van der Waals surface area contributed by atoms with Gasteiger partial charge >= 0.3 is 0 Å². The number of aromatic nitrogens is 1. The van der Waals surface area contributed by atoms with E-state index in [2.05, 4.69) is 22.0 Å². The van der Waals surface area contributed by atoms with Crippen molar-refractivity contribution in [3.05, 3.63) is 84.2 Å². The highest BCUT2D eigenvalue weighted by atomic mass is 16.5. The maximum Gasteiger partial charge on any atom is 0.222 e. The zero-order valence-electron chi connectivity index (χ0n) is 16.3. The Balaban J connectivity index is 1.65. The van der Waals surface area contributed by atoms with Crippen LogP contribution in [-0.4, -0.2) is 24.2 Å². The molecular weight excluding hydrogens is 352 g/mol. The van der Waals surface area contributed by atoms with Crippen molar-refractivity contribution in [3.63, 3.8) is 0 Å². The van der Waals surface area contributed by atoms with Crippen LogP contribution < -0.4 is 14.8 Å². The number of rotatable bonds is 9. The number of hydrogen-bond acceptors (Lipinski definition) is 3. The summed E-state index contributed by atoms with van der Waals surface area (Å²) >= 11 is 0. The minimum Gasteiger partial charge on any atom is -0.493 e. The van der Waals surface area contributed by atoms with Crippen LogP contribution in [0.2, 0.25) is 0 Å². The molecule has 0 bridgehead atoms. The Kier molecular flexibility index (Phi) is 6.73. The fourth-order valence-corrected chi connectivity index (χ4v) is 3.17. The monoisotopic (exact) mass is 378 g/mol. The third-order valence-corrected chi connectivity index (χ3v) is 4.57. The Hall–Kier alpha value is -3.21. The van der Waals surface area contributed by atoms with Crippen molar-refractivity contribution in [1.29, 1.82) is 0 Å². The smallest absolute Gasteiger partial charge is 0.222 e. The molecule has 1 atom stereocenters. The maximum absolute atomic E-state index is 12.6. The maximum atomic E-state index is 12.6. The molecule has 0 saturated heterocycles. The molecule has 3 aromatic rings. The number of benzene rings is 2. The third kappa shape index (κ3) is 4.94. The van der Waals surface area contributed by atoms with Gasteiger partial charge in [-0.15, -0.1) is 0 Å². The number of carbonyl (C=O) groups is 1. The van der Waals surface area contributed by atoms with Crippen LogP contribution >= 0.6 is 0 Å². The number of methoxy groups -OCH3 is 1. The molecule has 0 aliphatic rings. The minimum absolute atomic E-state index is 0.00425. The lowest BCUT2D eigenvalue weighted by Gasteiger charge is -2.19. The zero-order valence-corrected chi connectivity index (χ0v) is 16.3. The highest BCUT2D eigenvalue weighted by Crippen LogP contribution is 2.28. The summed E-state index contributed by atoms with van der Waals surface area (Å²) in [6, 6.07) is 19.7. The average molecular weight is 378 g/mol. The first kappa shape index (κ1) is 19.5. The van der Waals surface area contributed by atoms with Gasteiger partial charge in [-0.05, 0) is 42.3 Å². The van der Waals surface area contributed by atoms with Crippen LogP contribution in [0.1, 0.15) is 30.5 Å². The number of hydrogen-bond donors (Lipinski definition) is 1.